The minimum Gasteiger partial charge on any atom is -0.296 e. The number of hydrogen-bond donors (Lipinski definition) is 0. The van der Waals surface area contributed by atoms with E-state index in [1.54, 1.807) is 16.7 Å². The standard InChI is InChI=1S/C19H29N/c1-18(2,3)15-10-13-8-7-9-16-17(13)14(11-15)12-20(6)19(16,4)5/h10-11,16H,7-9,12H2,1-6H3/t16-/m0/s1. The summed E-state index contributed by atoms with van der Waals surface area (Å²) < 4.78 is 0. The van der Waals surface area contributed by atoms with Gasteiger partial charge in [0.2, 0.25) is 0 Å². The number of rotatable bonds is 0. The van der Waals surface area contributed by atoms with E-state index in [0.717, 1.165) is 6.54 Å². The van der Waals surface area contributed by atoms with Gasteiger partial charge in [-0.05, 0) is 67.8 Å². The predicted octanol–water partition coefficient (Wildman–Crippen LogP) is 4.63. The van der Waals surface area contributed by atoms with E-state index in [1.165, 1.54) is 24.8 Å². The van der Waals surface area contributed by atoms with Gasteiger partial charge in [-0.3, -0.25) is 4.90 Å². The molecular formula is C19H29N. The highest BCUT2D eigenvalue weighted by Crippen LogP contribution is 2.48. The lowest BCUT2D eigenvalue weighted by atomic mass is 9.67. The fourth-order valence-corrected chi connectivity index (χ4v) is 4.07. The highest BCUT2D eigenvalue weighted by atomic mass is 15.2. The van der Waals surface area contributed by atoms with Crippen LogP contribution in [0.15, 0.2) is 12.1 Å². The molecule has 1 nitrogen and oxygen atoms in total. The van der Waals surface area contributed by atoms with E-state index >= 15 is 0 Å². The highest BCUT2D eigenvalue weighted by Gasteiger charge is 2.42. The van der Waals surface area contributed by atoms with Gasteiger partial charge in [0.1, 0.15) is 0 Å². The van der Waals surface area contributed by atoms with Gasteiger partial charge in [-0.25, -0.2) is 0 Å². The van der Waals surface area contributed by atoms with E-state index in [1.807, 2.05) is 0 Å². The quantitative estimate of drug-likeness (QED) is 0.665. The van der Waals surface area contributed by atoms with Crippen LogP contribution in [-0.2, 0) is 18.4 Å². The third-order valence-corrected chi connectivity index (χ3v) is 5.75. The first-order valence-electron chi connectivity index (χ1n) is 8.08. The molecule has 1 aromatic carbocycles. The Bertz CT molecular complexity index is 533. The van der Waals surface area contributed by atoms with E-state index in [4.69, 9.17) is 0 Å². The number of nitrogens with zero attached hydrogens (tertiary/aromatic N) is 1. The van der Waals surface area contributed by atoms with Crippen molar-refractivity contribution in [3.8, 4) is 0 Å². The summed E-state index contributed by atoms with van der Waals surface area (Å²) in [6.07, 6.45) is 3.98. The Morgan fingerprint density at radius 2 is 1.80 bits per heavy atom. The van der Waals surface area contributed by atoms with Crippen molar-refractivity contribution in [1.29, 1.82) is 0 Å². The van der Waals surface area contributed by atoms with Crippen LogP contribution in [0, 0.1) is 0 Å². The summed E-state index contributed by atoms with van der Waals surface area (Å²) in [5, 5.41) is 0. The molecule has 3 rings (SSSR count). The van der Waals surface area contributed by atoms with Crippen molar-refractivity contribution in [1.82, 2.24) is 4.90 Å². The van der Waals surface area contributed by atoms with Crippen molar-refractivity contribution in [3.63, 3.8) is 0 Å². The summed E-state index contributed by atoms with van der Waals surface area (Å²) in [4.78, 5) is 2.56. The Hall–Kier alpha value is -0.820. The van der Waals surface area contributed by atoms with E-state index in [9.17, 15) is 0 Å². The normalized spacial score (nSPS) is 25.4. The van der Waals surface area contributed by atoms with Gasteiger partial charge in [0.15, 0.2) is 0 Å². The molecule has 0 N–H and O–H groups in total. The average molecular weight is 271 g/mol. The third-order valence-electron chi connectivity index (χ3n) is 5.75. The van der Waals surface area contributed by atoms with Crippen LogP contribution in [0.4, 0.5) is 0 Å². The first-order chi connectivity index (χ1) is 9.21. The SMILES string of the molecule is CN1Cc2cc(C(C)(C)C)cc3c2[C@H](CCC3)C1(C)C. The Morgan fingerprint density at radius 1 is 1.15 bits per heavy atom. The Labute approximate surface area is 124 Å². The van der Waals surface area contributed by atoms with E-state index < -0.39 is 0 Å². The molecule has 0 unspecified atom stereocenters. The number of hydrogen-bond acceptors (Lipinski definition) is 1. The van der Waals surface area contributed by atoms with Crippen LogP contribution >= 0.6 is 0 Å². The number of aryl methyl sites for hydroxylation is 1. The molecule has 0 bridgehead atoms. The van der Waals surface area contributed by atoms with Gasteiger partial charge in [-0.15, -0.1) is 0 Å². The molecule has 0 saturated heterocycles. The molecule has 1 aliphatic heterocycles. The first kappa shape index (κ1) is 14.1. The molecule has 0 fully saturated rings. The summed E-state index contributed by atoms with van der Waals surface area (Å²) in [6.45, 7) is 12.9. The molecule has 2 aliphatic rings. The third kappa shape index (κ3) is 2.02. The zero-order valence-corrected chi connectivity index (χ0v) is 14.0. The molecule has 0 saturated carbocycles. The maximum atomic E-state index is 2.56. The van der Waals surface area contributed by atoms with Crippen molar-refractivity contribution in [3.05, 3.63) is 34.4 Å². The van der Waals surface area contributed by atoms with Crippen LogP contribution < -0.4 is 0 Å². The van der Waals surface area contributed by atoms with Crippen molar-refractivity contribution in [2.75, 3.05) is 7.05 Å². The lowest BCUT2D eigenvalue weighted by Crippen LogP contribution is -2.50. The van der Waals surface area contributed by atoms with Gasteiger partial charge in [0, 0.05) is 18.0 Å². The van der Waals surface area contributed by atoms with Crippen molar-refractivity contribution >= 4 is 0 Å². The summed E-state index contributed by atoms with van der Waals surface area (Å²) in [5.74, 6) is 0.717. The highest BCUT2D eigenvalue weighted by molar-refractivity contribution is 5.47. The van der Waals surface area contributed by atoms with Crippen LogP contribution in [0.3, 0.4) is 0 Å². The molecule has 0 spiro atoms. The zero-order valence-electron chi connectivity index (χ0n) is 14.0. The molecule has 1 aromatic rings. The Kier molecular flexibility index (Phi) is 3.06. The van der Waals surface area contributed by atoms with Crippen LogP contribution in [0.2, 0.25) is 0 Å². The lowest BCUT2D eigenvalue weighted by Gasteiger charge is -2.50. The van der Waals surface area contributed by atoms with Crippen LogP contribution in [0.1, 0.15) is 75.6 Å². The van der Waals surface area contributed by atoms with Gasteiger partial charge in [0.05, 0.1) is 0 Å². The topological polar surface area (TPSA) is 3.24 Å². The number of benzene rings is 1. The van der Waals surface area contributed by atoms with Gasteiger partial charge < -0.3 is 0 Å². The fraction of sp³-hybridized carbons (Fsp3) is 0.684. The fourth-order valence-electron chi connectivity index (χ4n) is 4.07. The summed E-state index contributed by atoms with van der Waals surface area (Å²) in [7, 11) is 2.29. The molecule has 0 aromatic heterocycles. The molecule has 1 aliphatic carbocycles. The molecule has 1 atom stereocenters. The molecule has 1 heterocycles. The van der Waals surface area contributed by atoms with Crippen LogP contribution in [0.25, 0.3) is 0 Å². The molecule has 1 heteroatoms. The maximum absolute atomic E-state index is 2.56. The lowest BCUT2D eigenvalue weighted by molar-refractivity contribution is 0.0908. The zero-order chi connectivity index (χ0) is 14.7. The van der Waals surface area contributed by atoms with Crippen molar-refractivity contribution in [2.24, 2.45) is 0 Å². The smallest absolute Gasteiger partial charge is 0.0239 e. The maximum Gasteiger partial charge on any atom is 0.0239 e. The van der Waals surface area contributed by atoms with Gasteiger partial charge in [-0.2, -0.15) is 0 Å². The molecular weight excluding hydrogens is 242 g/mol. The summed E-state index contributed by atoms with van der Waals surface area (Å²) in [5.41, 5.74) is 7.01. The Morgan fingerprint density at radius 3 is 2.45 bits per heavy atom. The summed E-state index contributed by atoms with van der Waals surface area (Å²) >= 11 is 0. The summed E-state index contributed by atoms with van der Waals surface area (Å²) in [6, 6.07) is 5.00. The van der Waals surface area contributed by atoms with Crippen molar-refractivity contribution < 1.29 is 0 Å². The molecule has 0 amide bonds. The minimum atomic E-state index is 0.254. The van der Waals surface area contributed by atoms with Gasteiger partial charge >= 0.3 is 0 Å². The van der Waals surface area contributed by atoms with Gasteiger partial charge in [-0.1, -0.05) is 32.9 Å². The van der Waals surface area contributed by atoms with Crippen molar-refractivity contribution in [2.45, 2.75) is 77.3 Å². The predicted molar refractivity (Wildman–Crippen MR) is 86.4 cm³/mol. The molecule has 110 valence electrons. The average Bonchev–Trinajstić information content (AvgIpc) is 2.35. The van der Waals surface area contributed by atoms with Crippen LogP contribution in [0.5, 0.6) is 0 Å². The van der Waals surface area contributed by atoms with Gasteiger partial charge in [0.25, 0.3) is 0 Å². The second-order valence-corrected chi connectivity index (χ2v) is 8.41. The number of likely N-dealkylation sites (N-methyl/N-ethyl adjacent to an activating group) is 1. The second kappa shape index (κ2) is 4.34. The monoisotopic (exact) mass is 271 g/mol. The molecule has 0 radical (unpaired) electrons. The Balaban J connectivity index is 2.19. The van der Waals surface area contributed by atoms with Crippen LogP contribution in [-0.4, -0.2) is 17.5 Å². The van der Waals surface area contributed by atoms with E-state index in [0.29, 0.717) is 11.5 Å². The van der Waals surface area contributed by atoms with E-state index in [2.05, 4.69) is 58.7 Å². The molecule has 20 heavy (non-hydrogen) atoms. The second-order valence-electron chi connectivity index (χ2n) is 8.41. The minimum absolute atomic E-state index is 0.254. The first-order valence-corrected chi connectivity index (χ1v) is 8.08. The largest absolute Gasteiger partial charge is 0.296 e. The van der Waals surface area contributed by atoms with E-state index in [-0.39, 0.29) is 5.41 Å².